The fraction of sp³-hybridized carbons (Fsp3) is 0.105. The molecule has 0 aliphatic carbocycles. The number of nitrogens with one attached hydrogen (secondary N) is 2. The van der Waals surface area contributed by atoms with Crippen LogP contribution in [0, 0.1) is 17.2 Å². The Kier molecular flexibility index (Phi) is 4.55. The number of halogens is 1. The van der Waals surface area contributed by atoms with Gasteiger partial charge in [0.1, 0.15) is 0 Å². The number of hydrogen-bond donors (Lipinski definition) is 2. The first-order chi connectivity index (χ1) is 12.0. The lowest BCUT2D eigenvalue weighted by Gasteiger charge is -2.34. The maximum atomic E-state index is 13.0. The minimum absolute atomic E-state index is 0.177. The van der Waals surface area contributed by atoms with Gasteiger partial charge in [-0.05, 0) is 42.0 Å². The number of benzene rings is 2. The van der Waals surface area contributed by atoms with Crippen molar-refractivity contribution < 1.29 is 9.59 Å². The standard InChI is InChI=1S/C19H14ClN3O2/c1-11-16(18(24)14-6-8-15(20)9-7-14)17(23-19(25)22-11)13-4-2-12(10-21)3-5-13/h2-9,16-17H,1H2,(H2,22,23,25)/t16-,17-/m0/s1. The van der Waals surface area contributed by atoms with Gasteiger partial charge in [-0.25, -0.2) is 4.79 Å². The van der Waals surface area contributed by atoms with Gasteiger partial charge >= 0.3 is 6.03 Å². The molecule has 0 saturated carbocycles. The number of carbonyl (C=O) groups excluding carboxylic acids is 2. The Bertz CT molecular complexity index is 882. The van der Waals surface area contributed by atoms with Gasteiger partial charge in [-0.15, -0.1) is 0 Å². The molecule has 2 atom stereocenters. The summed E-state index contributed by atoms with van der Waals surface area (Å²) in [5, 5.41) is 14.8. The number of ketones is 1. The van der Waals surface area contributed by atoms with E-state index in [9.17, 15) is 9.59 Å². The van der Waals surface area contributed by atoms with Crippen LogP contribution in [-0.2, 0) is 0 Å². The van der Waals surface area contributed by atoms with Gasteiger partial charge in [0.2, 0.25) is 0 Å². The summed E-state index contributed by atoms with van der Waals surface area (Å²) < 4.78 is 0. The van der Waals surface area contributed by atoms with Crippen LogP contribution in [0.2, 0.25) is 5.02 Å². The third kappa shape index (κ3) is 3.39. The lowest BCUT2D eigenvalue weighted by molar-refractivity contribution is 0.0905. The van der Waals surface area contributed by atoms with Gasteiger partial charge in [0, 0.05) is 16.3 Å². The summed E-state index contributed by atoms with van der Waals surface area (Å²) in [4.78, 5) is 24.9. The highest BCUT2D eigenvalue weighted by atomic mass is 35.5. The molecule has 2 aromatic rings. The second kappa shape index (κ2) is 6.80. The molecule has 3 rings (SSSR count). The van der Waals surface area contributed by atoms with E-state index in [0.717, 1.165) is 5.56 Å². The summed E-state index contributed by atoms with van der Waals surface area (Å²) >= 11 is 5.88. The lowest BCUT2D eigenvalue weighted by atomic mass is 9.83. The Labute approximate surface area is 149 Å². The third-order valence-electron chi connectivity index (χ3n) is 4.08. The molecule has 2 aromatic carbocycles. The fourth-order valence-corrected chi connectivity index (χ4v) is 2.96. The van der Waals surface area contributed by atoms with Gasteiger partial charge in [0.05, 0.1) is 23.6 Å². The van der Waals surface area contributed by atoms with Crippen molar-refractivity contribution >= 4 is 23.4 Å². The fourth-order valence-electron chi connectivity index (χ4n) is 2.83. The van der Waals surface area contributed by atoms with Crippen molar-refractivity contribution in [1.29, 1.82) is 5.26 Å². The van der Waals surface area contributed by atoms with E-state index in [1.54, 1.807) is 48.5 Å². The van der Waals surface area contributed by atoms with Gasteiger partial charge < -0.3 is 10.6 Å². The maximum absolute atomic E-state index is 13.0. The zero-order valence-electron chi connectivity index (χ0n) is 13.1. The molecule has 0 bridgehead atoms. The number of rotatable bonds is 3. The first-order valence-corrected chi connectivity index (χ1v) is 7.93. The monoisotopic (exact) mass is 351 g/mol. The highest BCUT2D eigenvalue weighted by Gasteiger charge is 2.37. The van der Waals surface area contributed by atoms with Crippen molar-refractivity contribution in [2.24, 2.45) is 5.92 Å². The van der Waals surface area contributed by atoms with Crippen molar-refractivity contribution in [1.82, 2.24) is 10.6 Å². The number of hydrogen-bond acceptors (Lipinski definition) is 3. The lowest BCUT2D eigenvalue weighted by Crippen LogP contribution is -2.50. The van der Waals surface area contributed by atoms with Crippen LogP contribution >= 0.6 is 11.6 Å². The molecule has 124 valence electrons. The van der Waals surface area contributed by atoms with Crippen LogP contribution in [0.4, 0.5) is 4.79 Å². The molecular weight excluding hydrogens is 338 g/mol. The zero-order chi connectivity index (χ0) is 18.0. The SMILES string of the molecule is C=C1NC(=O)N[C@@H](c2ccc(C#N)cc2)[C@H]1C(=O)c1ccc(Cl)cc1. The van der Waals surface area contributed by atoms with Crippen LogP contribution in [0.1, 0.15) is 27.5 Å². The van der Waals surface area contributed by atoms with E-state index in [4.69, 9.17) is 16.9 Å². The quantitative estimate of drug-likeness (QED) is 0.829. The Hall–Kier alpha value is -3.10. The zero-order valence-corrected chi connectivity index (χ0v) is 13.9. The molecular formula is C19H14ClN3O2. The van der Waals surface area contributed by atoms with Crippen molar-refractivity contribution in [3.63, 3.8) is 0 Å². The van der Waals surface area contributed by atoms with E-state index >= 15 is 0 Å². The Morgan fingerprint density at radius 3 is 2.36 bits per heavy atom. The predicted octanol–water partition coefficient (Wildman–Crippen LogP) is 3.58. The van der Waals surface area contributed by atoms with E-state index in [0.29, 0.717) is 21.8 Å². The number of urea groups is 1. The van der Waals surface area contributed by atoms with E-state index in [1.807, 2.05) is 6.07 Å². The summed E-state index contributed by atoms with van der Waals surface area (Å²) in [6.07, 6.45) is 0. The van der Waals surface area contributed by atoms with Crippen molar-refractivity contribution in [2.75, 3.05) is 0 Å². The molecule has 1 aliphatic rings. The van der Waals surface area contributed by atoms with Gasteiger partial charge in [0.25, 0.3) is 0 Å². The van der Waals surface area contributed by atoms with E-state index in [2.05, 4.69) is 17.2 Å². The summed E-state index contributed by atoms with van der Waals surface area (Å²) in [6, 6.07) is 14.4. The van der Waals surface area contributed by atoms with Gasteiger partial charge in [-0.2, -0.15) is 5.26 Å². The Morgan fingerprint density at radius 2 is 1.76 bits per heavy atom. The van der Waals surface area contributed by atoms with Crippen molar-refractivity contribution in [3.8, 4) is 6.07 Å². The molecule has 2 N–H and O–H groups in total. The van der Waals surface area contributed by atoms with Gasteiger partial charge in [-0.1, -0.05) is 30.3 Å². The smallest absolute Gasteiger partial charge is 0.319 e. The second-order valence-electron chi connectivity index (χ2n) is 5.68. The number of nitriles is 1. The van der Waals surface area contributed by atoms with Crippen molar-refractivity contribution in [2.45, 2.75) is 6.04 Å². The van der Waals surface area contributed by atoms with Crippen LogP contribution in [0.15, 0.2) is 60.8 Å². The van der Waals surface area contributed by atoms with E-state index in [-0.39, 0.29) is 5.78 Å². The molecule has 0 spiro atoms. The highest BCUT2D eigenvalue weighted by molar-refractivity contribution is 6.30. The normalized spacial score (nSPS) is 19.5. The first-order valence-electron chi connectivity index (χ1n) is 7.56. The largest absolute Gasteiger partial charge is 0.330 e. The van der Waals surface area contributed by atoms with Crippen LogP contribution in [0.25, 0.3) is 0 Å². The molecule has 2 amide bonds. The maximum Gasteiger partial charge on any atom is 0.319 e. The number of nitrogens with zero attached hydrogens (tertiary/aromatic N) is 1. The summed E-state index contributed by atoms with van der Waals surface area (Å²) in [5.41, 5.74) is 2.04. The third-order valence-corrected chi connectivity index (χ3v) is 4.33. The Morgan fingerprint density at radius 1 is 1.12 bits per heavy atom. The van der Waals surface area contributed by atoms with Crippen LogP contribution in [0.3, 0.4) is 0 Å². The summed E-state index contributed by atoms with van der Waals surface area (Å²) in [6.45, 7) is 3.85. The summed E-state index contributed by atoms with van der Waals surface area (Å²) in [5.74, 6) is -0.852. The number of Topliss-reactive ketones (excluding diaryl/α,β-unsaturated/α-hetero) is 1. The highest BCUT2D eigenvalue weighted by Crippen LogP contribution is 2.32. The molecule has 1 aliphatic heterocycles. The van der Waals surface area contributed by atoms with Crippen molar-refractivity contribution in [3.05, 3.63) is 82.5 Å². The molecule has 1 heterocycles. The molecule has 6 heteroatoms. The molecule has 0 radical (unpaired) electrons. The number of carbonyl (C=O) groups is 2. The second-order valence-corrected chi connectivity index (χ2v) is 6.12. The van der Waals surface area contributed by atoms with Crippen LogP contribution < -0.4 is 10.6 Å². The summed E-state index contributed by atoms with van der Waals surface area (Å²) in [7, 11) is 0. The topological polar surface area (TPSA) is 82.0 Å². The molecule has 0 aromatic heterocycles. The van der Waals surface area contributed by atoms with E-state index < -0.39 is 18.0 Å². The van der Waals surface area contributed by atoms with Gasteiger partial charge in [0.15, 0.2) is 5.78 Å². The minimum Gasteiger partial charge on any atom is -0.330 e. The van der Waals surface area contributed by atoms with E-state index in [1.165, 1.54) is 0 Å². The molecule has 5 nitrogen and oxygen atoms in total. The number of amides is 2. The van der Waals surface area contributed by atoms with Crippen LogP contribution in [-0.4, -0.2) is 11.8 Å². The molecule has 0 unspecified atom stereocenters. The predicted molar refractivity (Wildman–Crippen MR) is 94.0 cm³/mol. The molecule has 1 saturated heterocycles. The molecule has 25 heavy (non-hydrogen) atoms. The van der Waals surface area contributed by atoms with Crippen LogP contribution in [0.5, 0.6) is 0 Å². The minimum atomic E-state index is -0.674. The van der Waals surface area contributed by atoms with Gasteiger partial charge in [-0.3, -0.25) is 4.79 Å². The first kappa shape index (κ1) is 16.7. The Balaban J connectivity index is 1.98. The average Bonchev–Trinajstić information content (AvgIpc) is 2.61. The molecule has 1 fully saturated rings. The average molecular weight is 352 g/mol.